The number of anilines is 1. The summed E-state index contributed by atoms with van der Waals surface area (Å²) in [4.78, 5) is 20.5. The molecule has 0 spiro atoms. The van der Waals surface area contributed by atoms with E-state index in [0.29, 0.717) is 51.9 Å². The topological polar surface area (TPSA) is 72.9 Å². The SMILES string of the molecule is COc1cc2c(cc1OC)C(C)N(C(=O)CN1CCN(c3ccc(Cl)c(Cl)c3)CC1)Cc1cc(OC)c(OC)c(OC)c1-2. The van der Waals surface area contributed by atoms with Crippen molar-refractivity contribution in [3.63, 3.8) is 0 Å². The highest BCUT2D eigenvalue weighted by molar-refractivity contribution is 6.42. The summed E-state index contributed by atoms with van der Waals surface area (Å²) >= 11 is 12.4. The number of hydrogen-bond acceptors (Lipinski definition) is 8. The summed E-state index contributed by atoms with van der Waals surface area (Å²) in [6.45, 7) is 5.72. The van der Waals surface area contributed by atoms with Gasteiger partial charge in [-0.1, -0.05) is 23.2 Å². The van der Waals surface area contributed by atoms with Crippen molar-refractivity contribution in [2.45, 2.75) is 19.5 Å². The number of halogens is 2. The van der Waals surface area contributed by atoms with Crippen LogP contribution in [0.4, 0.5) is 5.69 Å². The smallest absolute Gasteiger partial charge is 0.237 e. The van der Waals surface area contributed by atoms with E-state index in [9.17, 15) is 4.79 Å². The minimum Gasteiger partial charge on any atom is -0.493 e. The molecule has 0 aromatic heterocycles. The summed E-state index contributed by atoms with van der Waals surface area (Å²) in [5, 5.41) is 1.07. The molecule has 1 unspecified atom stereocenters. The number of piperazine rings is 1. The van der Waals surface area contributed by atoms with Gasteiger partial charge in [-0.2, -0.15) is 0 Å². The number of carbonyl (C=O) groups excluding carboxylic acids is 1. The highest BCUT2D eigenvalue weighted by Gasteiger charge is 2.35. The van der Waals surface area contributed by atoms with Crippen molar-refractivity contribution in [2.75, 3.05) is 73.2 Å². The Bertz CT molecular complexity index is 1510. The van der Waals surface area contributed by atoms with E-state index in [-0.39, 0.29) is 11.9 Å². The molecule has 0 saturated carbocycles. The zero-order valence-corrected chi connectivity index (χ0v) is 26.8. The van der Waals surface area contributed by atoms with Gasteiger partial charge < -0.3 is 33.5 Å². The number of methoxy groups -OCH3 is 5. The van der Waals surface area contributed by atoms with Gasteiger partial charge in [0.1, 0.15) is 0 Å². The predicted molar refractivity (Wildman–Crippen MR) is 169 cm³/mol. The first-order valence-corrected chi connectivity index (χ1v) is 14.8. The van der Waals surface area contributed by atoms with Gasteiger partial charge in [0, 0.05) is 44.0 Å². The third kappa shape index (κ3) is 5.86. The molecular formula is C32H37Cl2N3O6. The lowest BCUT2D eigenvalue weighted by atomic mass is 9.92. The van der Waals surface area contributed by atoms with Crippen LogP contribution in [0.3, 0.4) is 0 Å². The molecule has 0 N–H and O–H groups in total. The monoisotopic (exact) mass is 629 g/mol. The normalized spacial score (nSPS) is 16.6. The fraction of sp³-hybridized carbons (Fsp3) is 0.406. The van der Waals surface area contributed by atoms with Crippen molar-refractivity contribution in [1.82, 2.24) is 9.80 Å². The number of carbonyl (C=O) groups is 1. The zero-order valence-electron chi connectivity index (χ0n) is 25.3. The zero-order chi connectivity index (χ0) is 30.8. The van der Waals surface area contributed by atoms with Crippen molar-refractivity contribution in [1.29, 1.82) is 0 Å². The number of nitrogens with zero attached hydrogens (tertiary/aromatic N) is 3. The van der Waals surface area contributed by atoms with Crippen LogP contribution < -0.4 is 28.6 Å². The van der Waals surface area contributed by atoms with Crippen LogP contribution in [0.5, 0.6) is 28.7 Å². The van der Waals surface area contributed by atoms with Crippen molar-refractivity contribution in [2.24, 2.45) is 0 Å². The van der Waals surface area contributed by atoms with Gasteiger partial charge in [-0.25, -0.2) is 0 Å². The minimum atomic E-state index is -0.270. The highest BCUT2D eigenvalue weighted by atomic mass is 35.5. The molecular weight excluding hydrogens is 593 g/mol. The van der Waals surface area contributed by atoms with Crippen molar-refractivity contribution in [3.05, 3.63) is 57.6 Å². The summed E-state index contributed by atoms with van der Waals surface area (Å²) in [6, 6.07) is 11.2. The molecule has 0 aliphatic carbocycles. The molecule has 230 valence electrons. The first-order chi connectivity index (χ1) is 20.7. The lowest BCUT2D eigenvalue weighted by Gasteiger charge is -2.37. The Morgan fingerprint density at radius 1 is 0.791 bits per heavy atom. The van der Waals surface area contributed by atoms with Crippen molar-refractivity contribution in [3.8, 4) is 39.9 Å². The van der Waals surface area contributed by atoms with E-state index in [2.05, 4.69) is 9.80 Å². The van der Waals surface area contributed by atoms with Crippen LogP contribution >= 0.6 is 23.2 Å². The lowest BCUT2D eigenvalue weighted by Crippen LogP contribution is -2.50. The second-order valence-electron chi connectivity index (χ2n) is 10.5. The number of fused-ring (bicyclic) bond motifs is 3. The maximum atomic E-state index is 14.1. The lowest BCUT2D eigenvalue weighted by molar-refractivity contribution is -0.135. The number of hydrogen-bond donors (Lipinski definition) is 0. The second-order valence-corrected chi connectivity index (χ2v) is 11.3. The minimum absolute atomic E-state index is 0.0258. The van der Waals surface area contributed by atoms with Crippen LogP contribution in [0.2, 0.25) is 10.0 Å². The van der Waals surface area contributed by atoms with Crippen LogP contribution in [0.25, 0.3) is 11.1 Å². The van der Waals surface area contributed by atoms with Gasteiger partial charge in [-0.15, -0.1) is 0 Å². The Hall–Kier alpha value is -3.53. The van der Waals surface area contributed by atoms with E-state index >= 15 is 0 Å². The molecule has 0 radical (unpaired) electrons. The molecule has 1 amide bonds. The van der Waals surface area contributed by atoms with Crippen molar-refractivity contribution < 1.29 is 28.5 Å². The van der Waals surface area contributed by atoms with Crippen LogP contribution in [0.15, 0.2) is 36.4 Å². The molecule has 11 heteroatoms. The van der Waals surface area contributed by atoms with E-state index in [0.717, 1.165) is 54.1 Å². The molecule has 1 atom stereocenters. The Morgan fingerprint density at radius 3 is 2.05 bits per heavy atom. The van der Waals surface area contributed by atoms with Gasteiger partial charge in [-0.05, 0) is 60.0 Å². The molecule has 1 saturated heterocycles. The van der Waals surface area contributed by atoms with Crippen molar-refractivity contribution >= 4 is 34.8 Å². The van der Waals surface area contributed by atoms with Gasteiger partial charge in [-0.3, -0.25) is 9.69 Å². The molecule has 3 aromatic carbocycles. The molecule has 5 rings (SSSR count). The number of rotatable bonds is 8. The molecule has 2 heterocycles. The summed E-state index contributed by atoms with van der Waals surface area (Å²) in [5.41, 5.74) is 4.53. The van der Waals surface area contributed by atoms with Crippen LogP contribution in [-0.2, 0) is 11.3 Å². The summed E-state index contributed by atoms with van der Waals surface area (Å²) in [7, 11) is 7.99. The van der Waals surface area contributed by atoms with Gasteiger partial charge >= 0.3 is 0 Å². The fourth-order valence-electron chi connectivity index (χ4n) is 6.00. The molecule has 3 aromatic rings. The first kappa shape index (κ1) is 30.9. The third-order valence-electron chi connectivity index (χ3n) is 8.31. The predicted octanol–water partition coefficient (Wildman–Crippen LogP) is 5.93. The van der Waals surface area contributed by atoms with E-state index in [1.54, 1.807) is 35.5 Å². The number of benzene rings is 3. The Balaban J connectivity index is 1.47. The third-order valence-corrected chi connectivity index (χ3v) is 9.05. The van der Waals surface area contributed by atoms with Crippen LogP contribution in [0, 0.1) is 0 Å². The summed E-state index contributed by atoms with van der Waals surface area (Å²) in [5.74, 6) is 2.73. The molecule has 2 aliphatic rings. The van der Waals surface area contributed by atoms with Gasteiger partial charge in [0.15, 0.2) is 23.0 Å². The van der Waals surface area contributed by atoms with Crippen LogP contribution in [-0.4, -0.2) is 84.0 Å². The fourth-order valence-corrected chi connectivity index (χ4v) is 6.30. The van der Waals surface area contributed by atoms with Gasteiger partial charge in [0.05, 0.1) is 58.2 Å². The average Bonchev–Trinajstić information content (AvgIpc) is 3.14. The first-order valence-electron chi connectivity index (χ1n) is 14.0. The second kappa shape index (κ2) is 13.0. The van der Waals surface area contributed by atoms with Crippen LogP contribution in [0.1, 0.15) is 24.1 Å². The molecule has 2 aliphatic heterocycles. The van der Waals surface area contributed by atoms with E-state index in [1.165, 1.54) is 0 Å². The van der Waals surface area contributed by atoms with Gasteiger partial charge in [0.2, 0.25) is 11.7 Å². The maximum absolute atomic E-state index is 14.1. The number of amides is 1. The quantitative estimate of drug-likeness (QED) is 0.304. The standard InChI is InChI=1S/C32H37Cl2N3O6/c1-19-22-15-26(39-2)27(40-3)16-23(22)30-20(13-28(41-4)31(42-5)32(30)43-6)17-37(19)29(38)18-35-9-11-36(12-10-35)21-7-8-24(33)25(34)14-21/h7-8,13-16,19H,9-12,17-18H2,1-6H3. The average molecular weight is 631 g/mol. The van der Waals surface area contributed by atoms with E-state index in [4.69, 9.17) is 46.9 Å². The summed E-state index contributed by atoms with van der Waals surface area (Å²) in [6.07, 6.45) is 0. The highest BCUT2D eigenvalue weighted by Crippen LogP contribution is 2.52. The maximum Gasteiger partial charge on any atom is 0.237 e. The largest absolute Gasteiger partial charge is 0.493 e. The molecule has 1 fully saturated rings. The molecule has 9 nitrogen and oxygen atoms in total. The number of ether oxygens (including phenoxy) is 5. The summed E-state index contributed by atoms with van der Waals surface area (Å²) < 4.78 is 28.7. The molecule has 0 bridgehead atoms. The molecule has 43 heavy (non-hydrogen) atoms. The Labute approximate surface area is 262 Å². The Kier molecular flexibility index (Phi) is 9.34. The van der Waals surface area contributed by atoms with E-state index in [1.807, 2.05) is 48.2 Å². The van der Waals surface area contributed by atoms with E-state index < -0.39 is 0 Å². The Morgan fingerprint density at radius 2 is 1.44 bits per heavy atom. The van der Waals surface area contributed by atoms with Gasteiger partial charge in [0.25, 0.3) is 0 Å².